The Labute approximate surface area is 107 Å². The summed E-state index contributed by atoms with van der Waals surface area (Å²) in [5.41, 5.74) is 0.799. The first-order valence-corrected chi connectivity index (χ1v) is 7.16. The van der Waals surface area contributed by atoms with Gasteiger partial charge in [-0.05, 0) is 42.7 Å². The molecule has 1 aromatic carbocycles. The van der Waals surface area contributed by atoms with Gasteiger partial charge in [0.25, 0.3) is 0 Å². The number of thioether (sulfide) groups is 1. The molecule has 1 saturated heterocycles. The third-order valence-electron chi connectivity index (χ3n) is 3.67. The average molecular weight is 252 g/mol. The third-order valence-corrected chi connectivity index (χ3v) is 5.04. The first-order valence-electron chi connectivity index (χ1n) is 6.11. The second-order valence-electron chi connectivity index (χ2n) is 4.71. The normalized spacial score (nSPS) is 28.3. The van der Waals surface area contributed by atoms with Crippen LogP contribution in [0.5, 0.6) is 5.75 Å². The molecule has 3 heteroatoms. The van der Waals surface area contributed by atoms with Gasteiger partial charge in [-0.3, -0.25) is 0 Å². The summed E-state index contributed by atoms with van der Waals surface area (Å²) in [6, 6.07) is 8.11. The van der Waals surface area contributed by atoms with Gasteiger partial charge >= 0.3 is 0 Å². The van der Waals surface area contributed by atoms with Crippen LogP contribution in [-0.2, 0) is 6.42 Å². The second-order valence-corrected chi connectivity index (χ2v) is 6.16. The van der Waals surface area contributed by atoms with E-state index < -0.39 is 5.60 Å². The molecule has 0 bridgehead atoms. The fourth-order valence-corrected chi connectivity index (χ4v) is 3.62. The predicted molar refractivity (Wildman–Crippen MR) is 72.8 cm³/mol. The molecule has 2 atom stereocenters. The Morgan fingerprint density at radius 3 is 2.65 bits per heavy atom. The Hall–Kier alpha value is -0.670. The van der Waals surface area contributed by atoms with Crippen molar-refractivity contribution < 1.29 is 9.84 Å². The Balaban J connectivity index is 1.93. The summed E-state index contributed by atoms with van der Waals surface area (Å²) in [6.45, 7) is 2.13. The van der Waals surface area contributed by atoms with Crippen LogP contribution in [0.3, 0.4) is 0 Å². The van der Waals surface area contributed by atoms with Gasteiger partial charge in [-0.25, -0.2) is 0 Å². The molecule has 2 nitrogen and oxygen atoms in total. The van der Waals surface area contributed by atoms with Crippen LogP contribution in [0.2, 0.25) is 0 Å². The number of hydrogen-bond donors (Lipinski definition) is 1. The van der Waals surface area contributed by atoms with Crippen LogP contribution in [0, 0.1) is 0 Å². The van der Waals surface area contributed by atoms with Crippen LogP contribution < -0.4 is 4.74 Å². The Kier molecular flexibility index (Phi) is 4.00. The van der Waals surface area contributed by atoms with E-state index in [1.165, 1.54) is 5.56 Å². The Bertz CT molecular complexity index is 363. The van der Waals surface area contributed by atoms with Crippen molar-refractivity contribution in [2.45, 2.75) is 37.0 Å². The lowest BCUT2D eigenvalue weighted by Gasteiger charge is -2.26. The highest BCUT2D eigenvalue weighted by molar-refractivity contribution is 8.00. The topological polar surface area (TPSA) is 29.5 Å². The third kappa shape index (κ3) is 2.96. The fourth-order valence-electron chi connectivity index (χ4n) is 2.25. The highest BCUT2D eigenvalue weighted by Crippen LogP contribution is 2.38. The minimum absolute atomic E-state index is 0.362. The lowest BCUT2D eigenvalue weighted by molar-refractivity contribution is 0.0375. The quantitative estimate of drug-likeness (QED) is 0.893. The van der Waals surface area contributed by atoms with Crippen molar-refractivity contribution in [3.8, 4) is 5.75 Å². The molecule has 1 aliphatic heterocycles. The number of aliphatic hydroxyl groups is 1. The molecule has 17 heavy (non-hydrogen) atoms. The van der Waals surface area contributed by atoms with Crippen molar-refractivity contribution in [3.05, 3.63) is 29.8 Å². The molecule has 1 aromatic rings. The zero-order chi connectivity index (χ0) is 12.3. The van der Waals surface area contributed by atoms with Gasteiger partial charge < -0.3 is 9.84 Å². The van der Waals surface area contributed by atoms with Crippen LogP contribution in [-0.4, -0.2) is 28.8 Å². The van der Waals surface area contributed by atoms with Crippen LogP contribution >= 0.6 is 11.8 Å². The molecule has 0 spiro atoms. The van der Waals surface area contributed by atoms with E-state index in [0.717, 1.165) is 30.8 Å². The molecule has 2 rings (SSSR count). The molecule has 0 aliphatic carbocycles. The van der Waals surface area contributed by atoms with Gasteiger partial charge in [0.05, 0.1) is 12.7 Å². The smallest absolute Gasteiger partial charge is 0.118 e. The molecule has 0 radical (unpaired) electrons. The number of aryl methyl sites for hydroxylation is 1. The van der Waals surface area contributed by atoms with Gasteiger partial charge in [-0.2, -0.15) is 11.8 Å². The van der Waals surface area contributed by atoms with Crippen molar-refractivity contribution in [3.63, 3.8) is 0 Å². The zero-order valence-electron chi connectivity index (χ0n) is 10.5. The minimum atomic E-state index is -0.468. The van der Waals surface area contributed by atoms with Crippen molar-refractivity contribution in [2.24, 2.45) is 0 Å². The number of ether oxygens (including phenoxy) is 1. The standard InChI is InChI=1S/C14H20O2S/c1-11-14(15,9-10-17-11)8-7-12-3-5-13(16-2)6-4-12/h3-6,11,15H,7-10H2,1-2H3. The van der Waals surface area contributed by atoms with Crippen LogP contribution in [0.4, 0.5) is 0 Å². The van der Waals surface area contributed by atoms with Crippen LogP contribution in [0.15, 0.2) is 24.3 Å². The van der Waals surface area contributed by atoms with Crippen molar-refractivity contribution in [2.75, 3.05) is 12.9 Å². The highest BCUT2D eigenvalue weighted by atomic mass is 32.2. The average Bonchev–Trinajstić information content (AvgIpc) is 2.68. The summed E-state index contributed by atoms with van der Waals surface area (Å²) >= 11 is 1.88. The van der Waals surface area contributed by atoms with E-state index in [1.807, 2.05) is 23.9 Å². The van der Waals surface area contributed by atoms with Crippen molar-refractivity contribution in [1.82, 2.24) is 0 Å². The SMILES string of the molecule is COc1ccc(CCC2(O)CCSC2C)cc1. The molecular formula is C14H20O2S. The van der Waals surface area contributed by atoms with E-state index in [-0.39, 0.29) is 0 Å². The predicted octanol–water partition coefficient (Wildman–Crippen LogP) is 2.88. The minimum Gasteiger partial charge on any atom is -0.497 e. The number of methoxy groups -OCH3 is 1. The molecule has 0 amide bonds. The number of rotatable bonds is 4. The zero-order valence-corrected chi connectivity index (χ0v) is 11.3. The van der Waals surface area contributed by atoms with Crippen LogP contribution in [0.25, 0.3) is 0 Å². The molecule has 1 aliphatic rings. The van der Waals surface area contributed by atoms with Crippen LogP contribution in [0.1, 0.15) is 25.3 Å². The molecule has 1 fully saturated rings. The lowest BCUT2D eigenvalue weighted by Crippen LogP contribution is -2.34. The van der Waals surface area contributed by atoms with Gasteiger partial charge in [0, 0.05) is 5.25 Å². The Morgan fingerprint density at radius 2 is 2.12 bits per heavy atom. The summed E-state index contributed by atoms with van der Waals surface area (Å²) in [4.78, 5) is 0. The van der Waals surface area contributed by atoms with E-state index >= 15 is 0 Å². The van der Waals surface area contributed by atoms with Gasteiger partial charge in [0.1, 0.15) is 5.75 Å². The summed E-state index contributed by atoms with van der Waals surface area (Å²) in [7, 11) is 1.68. The molecular weight excluding hydrogens is 232 g/mol. The molecule has 0 aromatic heterocycles. The Morgan fingerprint density at radius 1 is 1.41 bits per heavy atom. The van der Waals surface area contributed by atoms with Gasteiger partial charge in [0.15, 0.2) is 0 Å². The highest BCUT2D eigenvalue weighted by Gasteiger charge is 2.38. The summed E-state index contributed by atoms with van der Waals surface area (Å²) in [5, 5.41) is 10.8. The number of benzene rings is 1. The van der Waals surface area contributed by atoms with Crippen molar-refractivity contribution in [1.29, 1.82) is 0 Å². The maximum Gasteiger partial charge on any atom is 0.118 e. The van der Waals surface area contributed by atoms with Gasteiger partial charge in [0.2, 0.25) is 0 Å². The monoisotopic (exact) mass is 252 g/mol. The maximum absolute atomic E-state index is 10.5. The molecule has 0 saturated carbocycles. The number of hydrogen-bond acceptors (Lipinski definition) is 3. The largest absolute Gasteiger partial charge is 0.497 e. The van der Waals surface area contributed by atoms with E-state index in [2.05, 4.69) is 19.1 Å². The molecule has 1 N–H and O–H groups in total. The first kappa shape index (κ1) is 12.8. The summed E-state index contributed by atoms with van der Waals surface area (Å²) < 4.78 is 5.13. The maximum atomic E-state index is 10.5. The fraction of sp³-hybridized carbons (Fsp3) is 0.571. The van der Waals surface area contributed by atoms with Gasteiger partial charge in [-0.15, -0.1) is 0 Å². The van der Waals surface area contributed by atoms with E-state index in [4.69, 9.17) is 4.74 Å². The second kappa shape index (κ2) is 5.32. The van der Waals surface area contributed by atoms with E-state index in [9.17, 15) is 5.11 Å². The van der Waals surface area contributed by atoms with Crippen molar-refractivity contribution >= 4 is 11.8 Å². The van der Waals surface area contributed by atoms with Gasteiger partial charge in [-0.1, -0.05) is 19.1 Å². The first-order chi connectivity index (χ1) is 8.14. The molecule has 1 heterocycles. The molecule has 2 unspecified atom stereocenters. The van der Waals surface area contributed by atoms with E-state index in [1.54, 1.807) is 7.11 Å². The van der Waals surface area contributed by atoms with E-state index in [0.29, 0.717) is 5.25 Å². The molecule has 94 valence electrons. The summed E-state index contributed by atoms with van der Waals surface area (Å²) in [5.74, 6) is 1.97. The lowest BCUT2D eigenvalue weighted by atomic mass is 9.90. The summed E-state index contributed by atoms with van der Waals surface area (Å²) in [6.07, 6.45) is 2.72.